The number of hydrogen-bond acceptors (Lipinski definition) is 2. The maximum absolute atomic E-state index is 14.6. The van der Waals surface area contributed by atoms with Gasteiger partial charge in [0.25, 0.3) is 5.69 Å². The summed E-state index contributed by atoms with van der Waals surface area (Å²) in [6, 6.07) is 41.8. The monoisotopic (exact) mass is 868 g/mol. The molecule has 52 heavy (non-hydrogen) atoms. The van der Waals surface area contributed by atoms with Crippen molar-refractivity contribution < 1.29 is 34.3 Å². The first-order valence-electron chi connectivity index (χ1n) is 18.5. The van der Waals surface area contributed by atoms with Crippen molar-refractivity contribution in [3.05, 3.63) is 144 Å². The Bertz CT molecular complexity index is 2720. The third kappa shape index (κ3) is 6.32. The minimum atomic E-state index is -2.36. The van der Waals surface area contributed by atoms with Crippen LogP contribution in [0.2, 0.25) is 0 Å². The van der Waals surface area contributed by atoms with E-state index in [1.54, 1.807) is 30.5 Å². The molecular formula is C45H39FN4OPt+2. The number of pyridine rings is 1. The Morgan fingerprint density at radius 3 is 2.31 bits per heavy atom. The van der Waals surface area contributed by atoms with Crippen LogP contribution in [0.4, 0.5) is 27.1 Å². The molecule has 7 aromatic rings. The van der Waals surface area contributed by atoms with E-state index in [-0.39, 0.29) is 43.3 Å². The van der Waals surface area contributed by atoms with E-state index in [1.807, 2.05) is 62.2 Å². The first-order chi connectivity index (χ1) is 25.6. The summed E-state index contributed by atoms with van der Waals surface area (Å²) >= 11 is 0. The van der Waals surface area contributed by atoms with Crippen molar-refractivity contribution in [3.8, 4) is 17.3 Å². The normalized spacial score (nSPS) is 13.9. The van der Waals surface area contributed by atoms with E-state index in [4.69, 9.17) is 13.8 Å². The van der Waals surface area contributed by atoms with E-state index in [0.29, 0.717) is 39.9 Å². The molecule has 0 spiro atoms. The zero-order chi connectivity index (χ0) is 38.2. The quantitative estimate of drug-likeness (QED) is 0.128. The van der Waals surface area contributed by atoms with Crippen molar-refractivity contribution >= 4 is 50.6 Å². The van der Waals surface area contributed by atoms with Crippen LogP contribution in [0.1, 0.15) is 62.3 Å². The molecule has 1 aliphatic rings. The number of aromatic nitrogens is 2. The second kappa shape index (κ2) is 13.1. The molecule has 2 aromatic heterocycles. The van der Waals surface area contributed by atoms with Gasteiger partial charge < -0.3 is 9.30 Å². The molecular weight excluding hydrogens is 827 g/mol. The molecule has 260 valence electrons. The van der Waals surface area contributed by atoms with Crippen LogP contribution in [0, 0.1) is 24.8 Å². The molecule has 7 heteroatoms. The molecule has 0 fully saturated rings. The van der Waals surface area contributed by atoms with Crippen LogP contribution in [0.25, 0.3) is 27.6 Å². The fraction of sp³-hybridized carbons (Fsp3) is 0.200. The first kappa shape index (κ1) is 31.6. The zero-order valence-corrected chi connectivity index (χ0v) is 32.1. The number of halogens is 1. The van der Waals surface area contributed by atoms with E-state index in [0.717, 1.165) is 33.1 Å². The van der Waals surface area contributed by atoms with Crippen molar-refractivity contribution in [3.63, 3.8) is 0 Å². The van der Waals surface area contributed by atoms with E-state index < -0.39 is 6.85 Å². The van der Waals surface area contributed by atoms with Crippen molar-refractivity contribution in [2.24, 2.45) is 0 Å². The molecule has 0 radical (unpaired) electrons. The van der Waals surface area contributed by atoms with E-state index in [1.165, 1.54) is 12.1 Å². The van der Waals surface area contributed by atoms with Crippen molar-refractivity contribution in [1.82, 2.24) is 18.7 Å². The Morgan fingerprint density at radius 1 is 0.769 bits per heavy atom. The van der Waals surface area contributed by atoms with Crippen molar-refractivity contribution in [2.45, 2.75) is 59.2 Å². The van der Waals surface area contributed by atoms with Gasteiger partial charge in [-0.1, -0.05) is 88.0 Å². The minimum Gasteiger partial charge on any atom is -0.509 e. The Morgan fingerprint density at radius 2 is 1.52 bits per heavy atom. The van der Waals surface area contributed by atoms with Crippen molar-refractivity contribution in [1.29, 1.82) is 0 Å². The van der Waals surface area contributed by atoms with Crippen LogP contribution < -0.4 is 13.9 Å². The van der Waals surface area contributed by atoms with Gasteiger partial charge in [0, 0.05) is 51.1 Å². The summed E-state index contributed by atoms with van der Waals surface area (Å²) < 4.78 is 51.8. The van der Waals surface area contributed by atoms with E-state index in [2.05, 4.69) is 77.9 Å². The smallest absolute Gasteiger partial charge is 0.509 e. The average Bonchev–Trinajstić information content (AvgIpc) is 3.66. The Hall–Kier alpha value is -5.15. The fourth-order valence-electron chi connectivity index (χ4n) is 6.58. The third-order valence-corrected chi connectivity index (χ3v) is 9.32. The zero-order valence-electron chi connectivity index (χ0n) is 32.8. The number of hydrogen-bond donors (Lipinski definition) is 0. The summed E-state index contributed by atoms with van der Waals surface area (Å²) in [5, 5.41) is 1.56. The van der Waals surface area contributed by atoms with E-state index >= 15 is 0 Å². The van der Waals surface area contributed by atoms with Gasteiger partial charge in [0.15, 0.2) is 0 Å². The van der Waals surface area contributed by atoms with Crippen LogP contribution in [0.3, 0.4) is 0 Å². The van der Waals surface area contributed by atoms with Gasteiger partial charge in [-0.25, -0.2) is 9.37 Å². The largest absolute Gasteiger partial charge is 2.00 e. The molecule has 0 unspecified atom stereocenters. The van der Waals surface area contributed by atoms with Gasteiger partial charge in [-0.05, 0) is 69.1 Å². The number of aryl methyl sites for hydroxylation is 1. The number of nitrogens with zero attached hydrogens (tertiary/aromatic N) is 4. The second-order valence-electron chi connectivity index (χ2n) is 15.0. The molecule has 0 N–H and O–H groups in total. The van der Waals surface area contributed by atoms with Gasteiger partial charge in [-0.2, -0.15) is 12.1 Å². The topological polar surface area (TPSA) is 33.1 Å². The molecule has 8 rings (SSSR count). The van der Waals surface area contributed by atoms with Gasteiger partial charge in [0.2, 0.25) is 5.69 Å². The maximum atomic E-state index is 14.6. The fourth-order valence-corrected chi connectivity index (χ4v) is 6.58. The standard InChI is InChI=1S/C45H39FN4O.Pt/c1-29-11-8-16-40-43(29)49(33-13-9-12-30(23-33)44(2,3)4)28-48(40)34-14-10-15-35(26-34)51-36-18-19-37-38-25-32(46)17-20-39(38)50(41(37)27-36)42-24-31(21-22-47-42)45(5,6)7;/h8-25H,1-7H3;/q;+2/i1D3;. The van der Waals surface area contributed by atoms with Gasteiger partial charge in [0.1, 0.15) is 17.3 Å². The minimum absolute atomic E-state index is 0. The molecule has 0 saturated heterocycles. The predicted octanol–water partition coefficient (Wildman–Crippen LogP) is 11.5. The molecule has 0 amide bonds. The summed E-state index contributed by atoms with van der Waals surface area (Å²) in [4.78, 5) is 4.72. The molecule has 5 aromatic carbocycles. The summed E-state index contributed by atoms with van der Waals surface area (Å²) in [6.45, 7) is 10.5. The molecule has 0 atom stereocenters. The SMILES string of the molecule is [2H]C([2H])([2H])c1cccc2c1[N+](c1cccc(C(C)(C)C)c1)=C=[N+]2c1[c-]c(Oc2[c-]c3c(cc2)c2cc(F)ccc2n3-c2cc(C(C)(C)C)ccn2)ccc1.[Pt+2]. The van der Waals surface area contributed by atoms with Gasteiger partial charge in [-0.3, -0.25) is 0 Å². The molecule has 0 aliphatic carbocycles. The molecule has 3 heterocycles. The summed E-state index contributed by atoms with van der Waals surface area (Å²) in [6.07, 6.45) is 1.80. The number of rotatable bonds is 5. The molecule has 0 bridgehead atoms. The molecule has 5 nitrogen and oxygen atoms in total. The van der Waals surface area contributed by atoms with Crippen LogP contribution >= 0.6 is 0 Å². The summed E-state index contributed by atoms with van der Waals surface area (Å²) in [7, 11) is 0. The average molecular weight is 869 g/mol. The Kier molecular flexibility index (Phi) is 7.96. The number of ether oxygens (including phenoxy) is 1. The number of para-hydroxylation sites is 1. The van der Waals surface area contributed by atoms with Gasteiger partial charge in [-0.15, -0.1) is 23.6 Å². The summed E-state index contributed by atoms with van der Waals surface area (Å²) in [5.74, 6) is 1.23. The van der Waals surface area contributed by atoms with Gasteiger partial charge >= 0.3 is 32.8 Å². The van der Waals surface area contributed by atoms with Crippen LogP contribution in [-0.2, 0) is 31.9 Å². The number of benzene rings is 5. The molecule has 1 aliphatic heterocycles. The molecule has 0 saturated carbocycles. The van der Waals surface area contributed by atoms with Crippen LogP contribution in [0.5, 0.6) is 11.5 Å². The van der Waals surface area contributed by atoms with E-state index in [9.17, 15) is 4.39 Å². The van der Waals surface area contributed by atoms with Gasteiger partial charge in [0.05, 0.1) is 0 Å². The van der Waals surface area contributed by atoms with Crippen LogP contribution in [-0.4, -0.2) is 15.6 Å². The third-order valence-electron chi connectivity index (χ3n) is 9.32. The van der Waals surface area contributed by atoms with Crippen LogP contribution in [0.15, 0.2) is 109 Å². The second-order valence-corrected chi connectivity index (χ2v) is 15.0. The summed E-state index contributed by atoms with van der Waals surface area (Å²) in [5.41, 5.74) is 6.36. The first-order valence-corrected chi connectivity index (χ1v) is 17.0. The Balaban J connectivity index is 0.00000465. The predicted molar refractivity (Wildman–Crippen MR) is 206 cm³/mol. The Labute approximate surface area is 322 Å². The number of fused-ring (bicyclic) bond motifs is 4. The maximum Gasteiger partial charge on any atom is 2.00 e. The van der Waals surface area contributed by atoms with Crippen molar-refractivity contribution in [2.75, 3.05) is 0 Å².